The molecule has 0 amide bonds. The van der Waals surface area contributed by atoms with Crippen LogP contribution in [0.2, 0.25) is 0 Å². The Morgan fingerprint density at radius 2 is 1.29 bits per heavy atom. The summed E-state index contributed by atoms with van der Waals surface area (Å²) in [5.41, 5.74) is 5.79. The van der Waals surface area contributed by atoms with Crippen molar-refractivity contribution in [3.63, 3.8) is 0 Å². The van der Waals surface area contributed by atoms with Crippen LogP contribution in [0.5, 0.6) is 0 Å². The molecule has 0 saturated carbocycles. The van der Waals surface area contributed by atoms with Gasteiger partial charge in [-0.3, -0.25) is 0 Å². The number of aryl methyl sites for hydroxylation is 3. The van der Waals surface area contributed by atoms with Gasteiger partial charge in [-0.05, 0) is 38.9 Å². The van der Waals surface area contributed by atoms with Crippen molar-refractivity contribution in [2.45, 2.75) is 20.8 Å². The van der Waals surface area contributed by atoms with Crippen LogP contribution in [0.1, 0.15) is 16.7 Å². The molecule has 2 heterocycles. The van der Waals surface area contributed by atoms with Crippen molar-refractivity contribution >= 4 is 11.4 Å². The van der Waals surface area contributed by atoms with E-state index < -0.39 is 0 Å². The van der Waals surface area contributed by atoms with E-state index in [9.17, 15) is 0 Å². The van der Waals surface area contributed by atoms with Crippen LogP contribution in [0.25, 0.3) is 0 Å². The van der Waals surface area contributed by atoms with Crippen LogP contribution in [-0.2, 0) is 21.1 Å². The molecule has 0 spiro atoms. The van der Waals surface area contributed by atoms with E-state index in [0.29, 0.717) is 0 Å². The summed E-state index contributed by atoms with van der Waals surface area (Å²) >= 11 is 0. The van der Waals surface area contributed by atoms with Gasteiger partial charge in [0.2, 0.25) is 0 Å². The second-order valence-electron chi connectivity index (χ2n) is 6.92. The van der Waals surface area contributed by atoms with E-state index >= 15 is 0 Å². The first kappa shape index (κ1) is 22.1. The summed E-state index contributed by atoms with van der Waals surface area (Å²) in [6.07, 6.45) is 8.08. The van der Waals surface area contributed by atoms with Gasteiger partial charge < -0.3 is 19.6 Å². The molecular formula is C23H26N4Pt. The Balaban J connectivity index is 0.000000194. The van der Waals surface area contributed by atoms with Gasteiger partial charge in [-0.15, -0.1) is 17.4 Å². The molecule has 4 rings (SSSR count). The first-order chi connectivity index (χ1) is 12.9. The molecule has 0 unspecified atom stereocenters. The summed E-state index contributed by atoms with van der Waals surface area (Å²) in [5, 5.41) is 0. The summed E-state index contributed by atoms with van der Waals surface area (Å²) < 4.78 is 0. The summed E-state index contributed by atoms with van der Waals surface area (Å²) in [4.78, 5) is 8.15. The van der Waals surface area contributed by atoms with E-state index in [1.165, 1.54) is 11.1 Å². The Morgan fingerprint density at radius 3 is 1.79 bits per heavy atom. The predicted molar refractivity (Wildman–Crippen MR) is 112 cm³/mol. The molecule has 148 valence electrons. The van der Waals surface area contributed by atoms with E-state index in [1.807, 2.05) is 92.1 Å². The number of anilines is 2. The third-order valence-electron chi connectivity index (χ3n) is 4.15. The topological polar surface area (TPSA) is 13.0 Å². The molecule has 5 heteroatoms. The fraction of sp³-hybridized carbons (Fsp3) is 0.217. The summed E-state index contributed by atoms with van der Waals surface area (Å²) in [6.45, 7) is 10.3. The molecule has 0 radical (unpaired) electrons. The van der Waals surface area contributed by atoms with Crippen molar-refractivity contribution in [3.05, 3.63) is 97.3 Å². The van der Waals surface area contributed by atoms with Crippen LogP contribution < -0.4 is 9.80 Å². The number of nitrogens with zero attached hydrogens (tertiary/aromatic N) is 4. The normalized spacial score (nSPS) is 14.9. The van der Waals surface area contributed by atoms with Crippen LogP contribution in [0.4, 0.5) is 11.4 Å². The standard InChI is InChI=1S/C12H14N2.C11H12N2.Pt/c1-10-6-11(2)8-12(7-10)14-5-4-13(3)9-14;1-10-4-3-5-11(8-10)13-7-6-12(2)9-13;/h4-7,9H,1-3H3;3-7,9H,1-2H3;/q2*-2;+4. The van der Waals surface area contributed by atoms with E-state index in [1.54, 1.807) is 0 Å². The van der Waals surface area contributed by atoms with Crippen LogP contribution in [0, 0.1) is 46.2 Å². The number of hydrogen-bond acceptors (Lipinski definition) is 4. The molecule has 0 aliphatic carbocycles. The van der Waals surface area contributed by atoms with Crippen molar-refractivity contribution in [1.82, 2.24) is 9.80 Å². The average Bonchev–Trinajstić information content (AvgIpc) is 3.23. The van der Waals surface area contributed by atoms with Gasteiger partial charge in [0.15, 0.2) is 0 Å². The monoisotopic (exact) mass is 553 g/mol. The van der Waals surface area contributed by atoms with Gasteiger partial charge in [0.05, 0.1) is 0 Å². The zero-order valence-electron chi connectivity index (χ0n) is 17.0. The summed E-state index contributed by atoms with van der Waals surface area (Å²) in [5.74, 6) is 0. The SMILES string of the molecule is Cc1[c-]c(N2C=CN(C)[CH-]2)cc(C)c1.Cc1[c-]c(N2C=CN(C)[CH-]2)ccc1.[Pt+4]. The van der Waals surface area contributed by atoms with Crippen LogP contribution in [-0.4, -0.2) is 23.9 Å². The van der Waals surface area contributed by atoms with Crippen LogP contribution in [0.3, 0.4) is 0 Å². The summed E-state index contributed by atoms with van der Waals surface area (Å²) in [6, 6.07) is 17.0. The minimum Gasteiger partial charge on any atom is -0.510 e. The van der Waals surface area contributed by atoms with Crippen molar-refractivity contribution < 1.29 is 21.1 Å². The maximum Gasteiger partial charge on any atom is 4.00 e. The Kier molecular flexibility index (Phi) is 7.76. The molecule has 0 saturated heterocycles. The van der Waals surface area contributed by atoms with Gasteiger partial charge in [0.25, 0.3) is 0 Å². The van der Waals surface area contributed by atoms with E-state index in [0.717, 1.165) is 16.9 Å². The third kappa shape index (κ3) is 5.90. The average molecular weight is 554 g/mol. The Hall–Kier alpha value is -2.19. The second kappa shape index (κ2) is 9.84. The number of benzene rings is 2. The van der Waals surface area contributed by atoms with Gasteiger partial charge in [-0.25, -0.2) is 0 Å². The van der Waals surface area contributed by atoms with Crippen molar-refractivity contribution in [2.75, 3.05) is 23.9 Å². The van der Waals surface area contributed by atoms with Gasteiger partial charge in [0, 0.05) is 0 Å². The summed E-state index contributed by atoms with van der Waals surface area (Å²) in [7, 11) is 4.02. The van der Waals surface area contributed by atoms with Crippen LogP contribution >= 0.6 is 0 Å². The fourth-order valence-electron chi connectivity index (χ4n) is 2.92. The van der Waals surface area contributed by atoms with Crippen LogP contribution in [0.15, 0.2) is 55.1 Å². The molecule has 2 aromatic rings. The largest absolute Gasteiger partial charge is 4.00 e. The molecule has 2 aliphatic heterocycles. The van der Waals surface area contributed by atoms with E-state index in [-0.39, 0.29) is 21.1 Å². The maximum atomic E-state index is 3.33. The van der Waals surface area contributed by atoms with Crippen molar-refractivity contribution in [1.29, 1.82) is 0 Å². The van der Waals surface area contributed by atoms with Crippen molar-refractivity contribution in [2.24, 2.45) is 0 Å². The first-order valence-corrected chi connectivity index (χ1v) is 8.97. The molecule has 0 N–H and O–H groups in total. The predicted octanol–water partition coefficient (Wildman–Crippen LogP) is 4.58. The fourth-order valence-corrected chi connectivity index (χ4v) is 2.92. The Bertz CT molecular complexity index is 826. The maximum absolute atomic E-state index is 3.33. The molecule has 0 aromatic heterocycles. The molecule has 2 aliphatic rings. The van der Waals surface area contributed by atoms with Crippen molar-refractivity contribution in [3.8, 4) is 0 Å². The van der Waals surface area contributed by atoms with E-state index in [4.69, 9.17) is 0 Å². The molecule has 4 nitrogen and oxygen atoms in total. The van der Waals surface area contributed by atoms with Gasteiger partial charge in [-0.2, -0.15) is 66.4 Å². The molecular weight excluding hydrogens is 527 g/mol. The minimum atomic E-state index is 0. The molecule has 0 fully saturated rings. The zero-order chi connectivity index (χ0) is 19.4. The van der Waals surface area contributed by atoms with Gasteiger partial charge in [0.1, 0.15) is 0 Å². The van der Waals surface area contributed by atoms with Gasteiger partial charge >= 0.3 is 21.1 Å². The Morgan fingerprint density at radius 1 is 0.714 bits per heavy atom. The molecule has 0 atom stereocenters. The number of hydrogen-bond donors (Lipinski definition) is 0. The molecule has 2 aromatic carbocycles. The first-order valence-electron chi connectivity index (χ1n) is 8.97. The molecule has 0 bridgehead atoms. The second-order valence-corrected chi connectivity index (χ2v) is 6.92. The Labute approximate surface area is 184 Å². The molecule has 28 heavy (non-hydrogen) atoms. The zero-order valence-corrected chi connectivity index (χ0v) is 19.2. The third-order valence-corrected chi connectivity index (χ3v) is 4.15. The smallest absolute Gasteiger partial charge is 0.510 e. The van der Waals surface area contributed by atoms with E-state index in [2.05, 4.69) is 43.0 Å². The van der Waals surface area contributed by atoms with Gasteiger partial charge in [-0.1, -0.05) is 20.8 Å². The quantitative estimate of drug-likeness (QED) is 0.505. The number of rotatable bonds is 2. The minimum absolute atomic E-state index is 0.